The van der Waals surface area contributed by atoms with Crippen LogP contribution in [0.1, 0.15) is 21.7 Å². The second-order valence-corrected chi connectivity index (χ2v) is 7.42. The van der Waals surface area contributed by atoms with Crippen LogP contribution in [0.15, 0.2) is 44.3 Å². The fraction of sp³-hybridized carbons (Fsp3) is 0.0625. The minimum absolute atomic E-state index is 0.101. The van der Waals surface area contributed by atoms with Gasteiger partial charge in [-0.15, -0.1) is 0 Å². The number of thiocarbonyl (C=S) groups is 1. The molecule has 8 heteroatoms. The second kappa shape index (κ2) is 6.54. The molecule has 2 aromatic rings. The van der Waals surface area contributed by atoms with Crippen molar-refractivity contribution in [2.75, 3.05) is 4.90 Å². The molecule has 1 fully saturated rings. The van der Waals surface area contributed by atoms with Gasteiger partial charge in [0.25, 0.3) is 5.91 Å². The molecular formula is C16H10BrNO4S2. The number of carboxylic acid groups (broad SMARTS) is 1. The van der Waals surface area contributed by atoms with E-state index in [9.17, 15) is 9.59 Å². The number of amides is 1. The molecule has 0 atom stereocenters. The zero-order chi connectivity index (χ0) is 17.4. The van der Waals surface area contributed by atoms with E-state index in [2.05, 4.69) is 15.9 Å². The summed E-state index contributed by atoms with van der Waals surface area (Å²) in [5, 5.41) is 9.15. The standard InChI is InChI=1S/C16H10BrNO4S2/c1-8-2-3-9(15(20)21)6-11(8)18-14(19)12(24-16(18)23)7-10-4-5-13(17)22-10/h2-7H,1H3,(H,20,21)/b12-7+. The molecule has 1 saturated heterocycles. The SMILES string of the molecule is Cc1ccc(C(=O)O)cc1N1C(=O)/C(=C\c2ccc(Br)o2)SC1=S. The molecule has 5 nitrogen and oxygen atoms in total. The van der Waals surface area contributed by atoms with E-state index in [-0.39, 0.29) is 11.5 Å². The Morgan fingerprint density at radius 3 is 2.75 bits per heavy atom. The minimum atomic E-state index is -1.06. The molecule has 3 rings (SSSR count). The van der Waals surface area contributed by atoms with Gasteiger partial charge in [-0.2, -0.15) is 0 Å². The number of carbonyl (C=O) groups is 2. The van der Waals surface area contributed by atoms with Crippen molar-refractivity contribution in [1.82, 2.24) is 0 Å². The van der Waals surface area contributed by atoms with Crippen molar-refractivity contribution in [3.8, 4) is 0 Å². The summed E-state index contributed by atoms with van der Waals surface area (Å²) in [5.74, 6) is -0.834. The molecule has 0 spiro atoms. The van der Waals surface area contributed by atoms with E-state index < -0.39 is 5.97 Å². The van der Waals surface area contributed by atoms with Crippen molar-refractivity contribution in [2.45, 2.75) is 6.92 Å². The van der Waals surface area contributed by atoms with Crippen molar-refractivity contribution < 1.29 is 19.1 Å². The number of thioether (sulfide) groups is 1. The Kier molecular flexibility index (Phi) is 4.62. The lowest BCUT2D eigenvalue weighted by Gasteiger charge is -2.17. The van der Waals surface area contributed by atoms with E-state index >= 15 is 0 Å². The van der Waals surface area contributed by atoms with Crippen LogP contribution < -0.4 is 4.90 Å². The van der Waals surface area contributed by atoms with E-state index in [0.717, 1.165) is 17.3 Å². The summed E-state index contributed by atoms with van der Waals surface area (Å²) in [6.07, 6.45) is 1.61. The molecule has 0 saturated carbocycles. The van der Waals surface area contributed by atoms with Gasteiger partial charge in [-0.05, 0) is 52.7 Å². The monoisotopic (exact) mass is 423 g/mol. The number of carboxylic acids is 1. The maximum Gasteiger partial charge on any atom is 0.335 e. The number of benzene rings is 1. The molecule has 0 aliphatic carbocycles. The highest BCUT2D eigenvalue weighted by Crippen LogP contribution is 2.38. The van der Waals surface area contributed by atoms with Crippen LogP contribution in [0.25, 0.3) is 6.08 Å². The molecule has 2 heterocycles. The summed E-state index contributed by atoms with van der Waals surface area (Å²) in [5.41, 5.74) is 1.34. The van der Waals surface area contributed by atoms with Crippen LogP contribution in [0.4, 0.5) is 5.69 Å². The quantitative estimate of drug-likeness (QED) is 0.580. The number of furan rings is 1. The summed E-state index contributed by atoms with van der Waals surface area (Å²) in [4.78, 5) is 25.7. The van der Waals surface area contributed by atoms with Crippen molar-refractivity contribution >= 4 is 67.9 Å². The highest BCUT2D eigenvalue weighted by Gasteiger charge is 2.34. The van der Waals surface area contributed by atoms with Crippen LogP contribution in [0.3, 0.4) is 0 Å². The number of rotatable bonds is 3. The molecule has 1 aliphatic heterocycles. The van der Waals surface area contributed by atoms with Crippen LogP contribution >= 0.6 is 39.9 Å². The smallest absolute Gasteiger partial charge is 0.335 e. The summed E-state index contributed by atoms with van der Waals surface area (Å²) in [6.45, 7) is 1.80. The lowest BCUT2D eigenvalue weighted by atomic mass is 10.1. The number of anilines is 1. The first-order valence-corrected chi connectivity index (χ1v) is 8.76. The molecular weight excluding hydrogens is 414 g/mol. The molecule has 122 valence electrons. The van der Waals surface area contributed by atoms with Crippen molar-refractivity contribution in [2.24, 2.45) is 0 Å². The van der Waals surface area contributed by atoms with Gasteiger partial charge in [-0.3, -0.25) is 9.69 Å². The average Bonchev–Trinajstić information content (AvgIpc) is 3.04. The van der Waals surface area contributed by atoms with E-state index in [1.165, 1.54) is 17.0 Å². The number of hydrogen-bond donors (Lipinski definition) is 1. The third-order valence-corrected chi connectivity index (χ3v) is 5.09. The van der Waals surface area contributed by atoms with Crippen molar-refractivity contribution in [1.29, 1.82) is 0 Å². The van der Waals surface area contributed by atoms with Crippen LogP contribution in [-0.2, 0) is 4.79 Å². The first-order chi connectivity index (χ1) is 11.4. The number of hydrogen-bond acceptors (Lipinski definition) is 5. The van der Waals surface area contributed by atoms with Gasteiger partial charge in [0, 0.05) is 6.08 Å². The highest BCUT2D eigenvalue weighted by atomic mass is 79.9. The highest BCUT2D eigenvalue weighted by molar-refractivity contribution is 9.10. The lowest BCUT2D eigenvalue weighted by Crippen LogP contribution is -2.28. The number of carbonyl (C=O) groups excluding carboxylic acids is 1. The molecule has 1 aliphatic rings. The van der Waals surface area contributed by atoms with E-state index in [0.29, 0.717) is 25.3 Å². The molecule has 0 bridgehead atoms. The molecule has 1 amide bonds. The fourth-order valence-corrected chi connectivity index (χ4v) is 3.78. The molecule has 1 aromatic heterocycles. The van der Waals surface area contributed by atoms with Crippen molar-refractivity contribution in [3.63, 3.8) is 0 Å². The van der Waals surface area contributed by atoms with Gasteiger partial charge in [0.05, 0.1) is 16.2 Å². The van der Waals surface area contributed by atoms with Crippen LogP contribution in [0.5, 0.6) is 0 Å². The normalized spacial score (nSPS) is 16.2. The zero-order valence-electron chi connectivity index (χ0n) is 12.3. The van der Waals surface area contributed by atoms with Gasteiger partial charge in [-0.1, -0.05) is 30.0 Å². The maximum atomic E-state index is 12.7. The first-order valence-electron chi connectivity index (χ1n) is 6.74. The number of aromatic carboxylic acids is 1. The first kappa shape index (κ1) is 16.9. The Bertz CT molecular complexity index is 903. The molecule has 24 heavy (non-hydrogen) atoms. The van der Waals surface area contributed by atoms with Crippen LogP contribution in [-0.4, -0.2) is 21.3 Å². The summed E-state index contributed by atoms with van der Waals surface area (Å²) < 4.78 is 6.29. The topological polar surface area (TPSA) is 70.8 Å². The predicted octanol–water partition coefficient (Wildman–Crippen LogP) is 4.45. The number of aryl methyl sites for hydroxylation is 1. The average molecular weight is 424 g/mol. The summed E-state index contributed by atoms with van der Waals surface area (Å²) >= 11 is 9.67. The molecule has 1 aromatic carbocycles. The fourth-order valence-electron chi connectivity index (χ4n) is 2.19. The van der Waals surface area contributed by atoms with Crippen LogP contribution in [0.2, 0.25) is 0 Å². The number of nitrogens with zero attached hydrogens (tertiary/aromatic N) is 1. The lowest BCUT2D eigenvalue weighted by molar-refractivity contribution is -0.113. The zero-order valence-corrected chi connectivity index (χ0v) is 15.5. The van der Waals surface area contributed by atoms with Gasteiger partial charge in [0.2, 0.25) is 0 Å². The second-order valence-electron chi connectivity index (χ2n) is 4.97. The van der Waals surface area contributed by atoms with E-state index in [1.807, 2.05) is 0 Å². The van der Waals surface area contributed by atoms with E-state index in [1.54, 1.807) is 31.2 Å². The predicted molar refractivity (Wildman–Crippen MR) is 100 cm³/mol. The molecule has 1 N–H and O–H groups in total. The third kappa shape index (κ3) is 3.17. The Hall–Kier alpha value is -1.90. The minimum Gasteiger partial charge on any atom is -0.478 e. The van der Waals surface area contributed by atoms with Gasteiger partial charge >= 0.3 is 5.97 Å². The third-order valence-electron chi connectivity index (χ3n) is 3.36. The van der Waals surface area contributed by atoms with Gasteiger partial charge in [0.15, 0.2) is 8.99 Å². The van der Waals surface area contributed by atoms with E-state index in [4.69, 9.17) is 21.7 Å². The Balaban J connectivity index is 1.99. The number of halogens is 1. The van der Waals surface area contributed by atoms with Crippen molar-refractivity contribution in [3.05, 3.63) is 56.8 Å². The Morgan fingerprint density at radius 2 is 2.12 bits per heavy atom. The largest absolute Gasteiger partial charge is 0.478 e. The summed E-state index contributed by atoms with van der Waals surface area (Å²) in [6, 6.07) is 8.06. The molecule has 0 unspecified atom stereocenters. The molecule has 0 radical (unpaired) electrons. The van der Waals surface area contributed by atoms with Crippen LogP contribution in [0, 0.1) is 6.92 Å². The maximum absolute atomic E-state index is 12.7. The van der Waals surface area contributed by atoms with Gasteiger partial charge in [-0.25, -0.2) is 4.79 Å². The Morgan fingerprint density at radius 1 is 1.38 bits per heavy atom. The van der Waals surface area contributed by atoms with Gasteiger partial charge < -0.3 is 9.52 Å². The van der Waals surface area contributed by atoms with Gasteiger partial charge in [0.1, 0.15) is 5.76 Å². The summed E-state index contributed by atoms with van der Waals surface area (Å²) in [7, 11) is 0. The Labute approximate surface area is 155 Å².